The molecule has 1 amide bonds. The van der Waals surface area contributed by atoms with Crippen LogP contribution in [-0.2, 0) is 0 Å². The lowest BCUT2D eigenvalue weighted by molar-refractivity contribution is 0.0760. The summed E-state index contributed by atoms with van der Waals surface area (Å²) in [7, 11) is 1.57. The van der Waals surface area contributed by atoms with Gasteiger partial charge in [-0.2, -0.15) is 5.10 Å². The molecule has 3 fully saturated rings. The summed E-state index contributed by atoms with van der Waals surface area (Å²) >= 11 is 0. The second-order valence-corrected chi connectivity index (χ2v) is 10.9. The Kier molecular flexibility index (Phi) is 7.14. The standard InChI is InChI=1S/C27H37N9O2/c1-38-24-8-19(6-7-31-24)23-9-22(25-26(28)32-16-33-36(23)25)27(37)34-20-2-4-21(5-3-20)35(14-17-10-29-11-17)15-18-12-30-13-18/h6-9,16-18,20-21,29-30H,2-5,10-15H2,1H3,(H,34,37)(H2,28,32,33)/t20-,21-. The molecule has 0 radical (unpaired) electrons. The minimum atomic E-state index is -0.141. The molecule has 3 aromatic heterocycles. The second kappa shape index (κ2) is 10.8. The van der Waals surface area contributed by atoms with Crippen LogP contribution in [0.5, 0.6) is 5.88 Å². The normalized spacial score (nSPS) is 22.3. The highest BCUT2D eigenvalue weighted by molar-refractivity contribution is 6.05. The number of amides is 1. The highest BCUT2D eigenvalue weighted by Crippen LogP contribution is 2.30. The summed E-state index contributed by atoms with van der Waals surface area (Å²) in [6.07, 6.45) is 7.24. The maximum absolute atomic E-state index is 13.5. The van der Waals surface area contributed by atoms with E-state index in [1.807, 2.05) is 18.2 Å². The van der Waals surface area contributed by atoms with E-state index in [0.717, 1.165) is 75.0 Å². The van der Waals surface area contributed by atoms with Crippen molar-refractivity contribution in [3.05, 3.63) is 36.3 Å². The van der Waals surface area contributed by atoms with Gasteiger partial charge in [0.2, 0.25) is 5.88 Å². The predicted molar refractivity (Wildman–Crippen MR) is 145 cm³/mol. The van der Waals surface area contributed by atoms with Gasteiger partial charge >= 0.3 is 0 Å². The zero-order chi connectivity index (χ0) is 26.1. The molecule has 1 saturated carbocycles. The molecule has 11 nitrogen and oxygen atoms in total. The minimum absolute atomic E-state index is 0.140. The maximum Gasteiger partial charge on any atom is 0.253 e. The molecular weight excluding hydrogens is 482 g/mol. The topological polar surface area (TPSA) is 135 Å². The highest BCUT2D eigenvalue weighted by atomic mass is 16.5. The summed E-state index contributed by atoms with van der Waals surface area (Å²) in [5, 5.41) is 14.5. The van der Waals surface area contributed by atoms with Crippen LogP contribution < -0.4 is 26.4 Å². The third-order valence-corrected chi connectivity index (χ3v) is 8.33. The summed E-state index contributed by atoms with van der Waals surface area (Å²) in [4.78, 5) is 24.6. The second-order valence-electron chi connectivity index (χ2n) is 10.9. The Balaban J connectivity index is 1.15. The molecule has 0 atom stereocenters. The third-order valence-electron chi connectivity index (χ3n) is 8.33. The summed E-state index contributed by atoms with van der Waals surface area (Å²) < 4.78 is 6.96. The molecule has 2 saturated heterocycles. The summed E-state index contributed by atoms with van der Waals surface area (Å²) in [5.41, 5.74) is 8.79. The number of pyridine rings is 1. The van der Waals surface area contributed by atoms with Crippen LogP contribution in [-0.4, -0.2) is 88.9 Å². The van der Waals surface area contributed by atoms with Gasteiger partial charge in [0.05, 0.1) is 18.4 Å². The summed E-state index contributed by atoms with van der Waals surface area (Å²) in [5.74, 6) is 2.15. The molecule has 11 heteroatoms. The fraction of sp³-hybridized carbons (Fsp3) is 0.556. The molecular formula is C27H37N9O2. The van der Waals surface area contributed by atoms with Crippen LogP contribution in [0.1, 0.15) is 36.0 Å². The number of nitrogens with zero attached hydrogens (tertiary/aromatic N) is 5. The van der Waals surface area contributed by atoms with Crippen molar-refractivity contribution in [1.82, 2.24) is 40.4 Å². The van der Waals surface area contributed by atoms with E-state index >= 15 is 0 Å². The van der Waals surface area contributed by atoms with Gasteiger partial charge in [-0.3, -0.25) is 9.69 Å². The maximum atomic E-state index is 13.5. The number of aromatic nitrogens is 4. The van der Waals surface area contributed by atoms with E-state index in [-0.39, 0.29) is 17.8 Å². The molecule has 0 bridgehead atoms. The molecule has 6 rings (SSSR count). The van der Waals surface area contributed by atoms with Crippen LogP contribution >= 0.6 is 0 Å². The van der Waals surface area contributed by atoms with Gasteiger partial charge in [-0.25, -0.2) is 14.5 Å². The molecule has 3 aromatic rings. The van der Waals surface area contributed by atoms with Gasteiger partial charge in [-0.1, -0.05) is 0 Å². The first kappa shape index (κ1) is 25.0. The highest BCUT2D eigenvalue weighted by Gasteiger charge is 2.32. The lowest BCUT2D eigenvalue weighted by Crippen LogP contribution is -2.56. The van der Waals surface area contributed by atoms with Gasteiger partial charge in [0.15, 0.2) is 5.82 Å². The number of methoxy groups -OCH3 is 1. The van der Waals surface area contributed by atoms with Gasteiger partial charge in [0, 0.05) is 69.2 Å². The fourth-order valence-electron chi connectivity index (χ4n) is 5.97. The van der Waals surface area contributed by atoms with E-state index < -0.39 is 0 Å². The lowest BCUT2D eigenvalue weighted by Gasteiger charge is -2.43. The first-order valence-corrected chi connectivity index (χ1v) is 13.7. The molecule has 3 aliphatic rings. The van der Waals surface area contributed by atoms with Gasteiger partial charge in [0.1, 0.15) is 11.8 Å². The number of anilines is 1. The van der Waals surface area contributed by atoms with Crippen molar-refractivity contribution < 1.29 is 9.53 Å². The van der Waals surface area contributed by atoms with E-state index in [9.17, 15) is 4.79 Å². The van der Waals surface area contributed by atoms with E-state index in [1.54, 1.807) is 17.8 Å². The number of carbonyl (C=O) groups excluding carboxylic acids is 1. The van der Waals surface area contributed by atoms with E-state index in [4.69, 9.17) is 10.5 Å². The SMILES string of the molecule is COc1cc(-c2cc(C(=O)N[C@H]3CC[C@H](N(CC4CNC4)CC4CNC4)CC3)c3c(N)ncnn23)ccn1. The lowest BCUT2D eigenvalue weighted by atomic mass is 9.88. The monoisotopic (exact) mass is 519 g/mol. The van der Waals surface area contributed by atoms with Gasteiger partial charge in [0.25, 0.3) is 5.91 Å². The van der Waals surface area contributed by atoms with Crippen LogP contribution in [0.4, 0.5) is 5.82 Å². The average molecular weight is 520 g/mol. The molecule has 0 unspecified atom stereocenters. The number of carbonyl (C=O) groups is 1. The van der Waals surface area contributed by atoms with Crippen LogP contribution in [0.2, 0.25) is 0 Å². The Labute approximate surface area is 222 Å². The van der Waals surface area contributed by atoms with Crippen LogP contribution in [0.15, 0.2) is 30.7 Å². The Morgan fingerprint density at radius 3 is 2.45 bits per heavy atom. The van der Waals surface area contributed by atoms with Gasteiger partial charge < -0.3 is 26.4 Å². The Morgan fingerprint density at radius 2 is 1.82 bits per heavy atom. The zero-order valence-corrected chi connectivity index (χ0v) is 21.9. The largest absolute Gasteiger partial charge is 0.481 e. The first-order valence-electron chi connectivity index (χ1n) is 13.7. The molecule has 38 heavy (non-hydrogen) atoms. The molecule has 0 aromatic carbocycles. The number of nitrogen functional groups attached to an aromatic ring is 1. The number of nitrogens with one attached hydrogen (secondary N) is 3. The van der Waals surface area contributed by atoms with Crippen LogP contribution in [0.3, 0.4) is 0 Å². The van der Waals surface area contributed by atoms with Crippen molar-refractivity contribution in [3.63, 3.8) is 0 Å². The smallest absolute Gasteiger partial charge is 0.253 e. The van der Waals surface area contributed by atoms with Gasteiger partial charge in [-0.15, -0.1) is 0 Å². The number of ether oxygens (including phenoxy) is 1. The summed E-state index contributed by atoms with van der Waals surface area (Å²) in [6.45, 7) is 6.91. The number of fused-ring (bicyclic) bond motifs is 1. The number of rotatable bonds is 9. The third kappa shape index (κ3) is 5.05. The average Bonchev–Trinajstić information content (AvgIpc) is 3.29. The molecule has 5 N–H and O–H groups in total. The fourth-order valence-corrected chi connectivity index (χ4v) is 5.97. The van der Waals surface area contributed by atoms with E-state index in [0.29, 0.717) is 23.0 Å². The quantitative estimate of drug-likeness (QED) is 0.328. The van der Waals surface area contributed by atoms with Crippen molar-refractivity contribution in [2.75, 3.05) is 52.1 Å². The Bertz CT molecular complexity index is 1260. The zero-order valence-electron chi connectivity index (χ0n) is 21.9. The number of hydrogen-bond donors (Lipinski definition) is 4. The van der Waals surface area contributed by atoms with Crippen molar-refractivity contribution in [2.24, 2.45) is 11.8 Å². The molecule has 5 heterocycles. The number of hydrogen-bond acceptors (Lipinski definition) is 9. The molecule has 2 aliphatic heterocycles. The van der Waals surface area contributed by atoms with Crippen molar-refractivity contribution in [2.45, 2.75) is 37.8 Å². The Hall–Kier alpha value is -3.28. The van der Waals surface area contributed by atoms with Crippen molar-refractivity contribution in [3.8, 4) is 17.1 Å². The van der Waals surface area contributed by atoms with E-state index in [2.05, 4.69) is 35.9 Å². The van der Waals surface area contributed by atoms with E-state index in [1.165, 1.54) is 19.4 Å². The van der Waals surface area contributed by atoms with Crippen molar-refractivity contribution >= 4 is 17.2 Å². The Morgan fingerprint density at radius 1 is 1.11 bits per heavy atom. The molecule has 202 valence electrons. The minimum Gasteiger partial charge on any atom is -0.481 e. The van der Waals surface area contributed by atoms with Crippen LogP contribution in [0.25, 0.3) is 16.8 Å². The summed E-state index contributed by atoms with van der Waals surface area (Å²) in [6, 6.07) is 6.24. The van der Waals surface area contributed by atoms with Gasteiger partial charge in [-0.05, 0) is 49.7 Å². The first-order chi connectivity index (χ1) is 18.6. The van der Waals surface area contributed by atoms with Crippen molar-refractivity contribution in [1.29, 1.82) is 0 Å². The number of nitrogens with two attached hydrogens (primary N) is 1. The predicted octanol–water partition coefficient (Wildman–Crippen LogP) is 1.16. The molecule has 0 spiro atoms. The van der Waals surface area contributed by atoms with Crippen LogP contribution in [0, 0.1) is 11.8 Å². The molecule has 1 aliphatic carbocycles.